The van der Waals surface area contributed by atoms with Crippen molar-refractivity contribution in [2.75, 3.05) is 0 Å². The molecule has 0 unspecified atom stereocenters. The minimum absolute atomic E-state index is 0.156. The molecule has 0 radical (unpaired) electrons. The molecular weight excluding hydrogens is 330 g/mol. The smallest absolute Gasteiger partial charge is 0.280 e. The molecule has 26 heavy (non-hydrogen) atoms. The van der Waals surface area contributed by atoms with Crippen molar-refractivity contribution in [3.8, 4) is 0 Å². The van der Waals surface area contributed by atoms with Crippen molar-refractivity contribution in [1.29, 1.82) is 0 Å². The molecule has 0 aliphatic carbocycles. The van der Waals surface area contributed by atoms with E-state index in [2.05, 4.69) is 32.7 Å². The van der Waals surface area contributed by atoms with Crippen molar-refractivity contribution in [3.63, 3.8) is 0 Å². The maximum Gasteiger partial charge on any atom is 0.280 e. The first kappa shape index (κ1) is 18.3. The molecule has 0 amide bonds. The quantitative estimate of drug-likeness (QED) is 0.448. The molecule has 0 spiro atoms. The summed E-state index contributed by atoms with van der Waals surface area (Å²) in [6.45, 7) is 8.41. The van der Waals surface area contributed by atoms with Gasteiger partial charge in [-0.1, -0.05) is 24.3 Å². The van der Waals surface area contributed by atoms with Crippen molar-refractivity contribution in [2.45, 2.75) is 58.0 Å². The number of rotatable bonds is 4. The van der Waals surface area contributed by atoms with Crippen LogP contribution in [-0.2, 0) is 4.84 Å². The van der Waals surface area contributed by atoms with Gasteiger partial charge < -0.3 is 4.84 Å². The van der Waals surface area contributed by atoms with Crippen LogP contribution in [0.5, 0.6) is 0 Å². The Balaban J connectivity index is 2.01. The number of benzene rings is 1. The van der Waals surface area contributed by atoms with E-state index in [1.54, 1.807) is 6.07 Å². The zero-order valence-corrected chi connectivity index (χ0v) is 15.7. The van der Waals surface area contributed by atoms with E-state index in [0.717, 1.165) is 36.4 Å². The summed E-state index contributed by atoms with van der Waals surface area (Å²) in [5.74, 6) is 0.156. The number of hydrogen-bond acceptors (Lipinski definition) is 5. The second kappa shape index (κ2) is 6.68. The topological polar surface area (TPSA) is 68.5 Å². The van der Waals surface area contributed by atoms with Crippen molar-refractivity contribution in [2.24, 2.45) is 0 Å². The fourth-order valence-electron chi connectivity index (χ4n) is 3.76. The summed E-state index contributed by atoms with van der Waals surface area (Å²) in [7, 11) is 0. The highest BCUT2D eigenvalue weighted by Gasteiger charge is 2.44. The predicted octanol–water partition coefficient (Wildman–Crippen LogP) is 4.78. The molecule has 6 heteroatoms. The minimum Gasteiger partial charge on any atom is -0.396 e. The molecule has 1 fully saturated rings. The van der Waals surface area contributed by atoms with Crippen LogP contribution < -0.4 is 0 Å². The summed E-state index contributed by atoms with van der Waals surface area (Å²) in [6.07, 6.45) is 3.93. The number of nitro groups is 1. The van der Waals surface area contributed by atoms with Gasteiger partial charge in [-0.15, -0.1) is 5.06 Å². The Morgan fingerprint density at radius 3 is 2.46 bits per heavy atom. The monoisotopic (exact) mass is 355 g/mol. The largest absolute Gasteiger partial charge is 0.396 e. The first-order valence-electron chi connectivity index (χ1n) is 8.89. The first-order valence-corrected chi connectivity index (χ1v) is 8.89. The predicted molar refractivity (Wildman–Crippen MR) is 102 cm³/mol. The van der Waals surface area contributed by atoms with Crippen molar-refractivity contribution in [1.82, 2.24) is 10.0 Å². The summed E-state index contributed by atoms with van der Waals surface area (Å²) < 4.78 is 0. The van der Waals surface area contributed by atoms with Gasteiger partial charge >= 0.3 is 0 Å². The number of fused-ring (bicyclic) bond motifs is 1. The van der Waals surface area contributed by atoms with Crippen LogP contribution in [0.15, 0.2) is 42.6 Å². The summed E-state index contributed by atoms with van der Waals surface area (Å²) >= 11 is 0. The standard InChI is InChI=1S/C20H25N3O3/c1-19(2)12-7-13-20(3,4)23(19)26-18(14-22(24)25)17-11-10-15-8-5-6-9-16(15)21-17/h5-6,8-11,14H,7,12-13H2,1-4H3/b18-14+. The van der Waals surface area contributed by atoms with E-state index in [-0.39, 0.29) is 16.8 Å². The van der Waals surface area contributed by atoms with E-state index in [0.29, 0.717) is 5.69 Å². The summed E-state index contributed by atoms with van der Waals surface area (Å²) in [4.78, 5) is 21.4. The lowest BCUT2D eigenvalue weighted by Crippen LogP contribution is -2.57. The van der Waals surface area contributed by atoms with Crippen LogP contribution in [0.3, 0.4) is 0 Å². The number of nitrogens with zero attached hydrogens (tertiary/aromatic N) is 3. The number of aromatic nitrogens is 1. The molecule has 2 aromatic rings. The maximum atomic E-state index is 11.2. The van der Waals surface area contributed by atoms with E-state index in [9.17, 15) is 10.1 Å². The van der Waals surface area contributed by atoms with Crippen molar-refractivity contribution < 1.29 is 9.76 Å². The zero-order chi connectivity index (χ0) is 18.9. The van der Waals surface area contributed by atoms with Gasteiger partial charge in [0, 0.05) is 5.39 Å². The molecule has 0 atom stereocenters. The van der Waals surface area contributed by atoms with E-state index in [1.807, 2.05) is 35.4 Å². The average molecular weight is 355 g/mol. The molecule has 3 rings (SSSR count). The molecule has 0 N–H and O–H groups in total. The molecule has 1 aliphatic heterocycles. The van der Waals surface area contributed by atoms with E-state index in [4.69, 9.17) is 4.84 Å². The zero-order valence-electron chi connectivity index (χ0n) is 15.7. The fourth-order valence-corrected chi connectivity index (χ4v) is 3.76. The van der Waals surface area contributed by atoms with Crippen LogP contribution in [0.1, 0.15) is 52.7 Å². The fraction of sp³-hybridized carbons (Fsp3) is 0.450. The third-order valence-electron chi connectivity index (χ3n) is 4.94. The van der Waals surface area contributed by atoms with Gasteiger partial charge in [0.15, 0.2) is 0 Å². The number of para-hydroxylation sites is 1. The molecule has 1 aliphatic rings. The SMILES string of the molecule is CC1(C)CCCC(C)(C)N1O/C(=C/[N+](=O)[O-])c1ccc2ccccc2n1. The van der Waals surface area contributed by atoms with Crippen LogP contribution in [0, 0.1) is 10.1 Å². The highest BCUT2D eigenvalue weighted by molar-refractivity contribution is 5.80. The molecule has 1 aromatic heterocycles. The lowest BCUT2D eigenvalue weighted by atomic mass is 9.82. The number of hydrogen-bond donors (Lipinski definition) is 0. The minimum atomic E-state index is -0.490. The van der Waals surface area contributed by atoms with Crippen LogP contribution in [0.25, 0.3) is 16.7 Å². The molecule has 138 valence electrons. The maximum absolute atomic E-state index is 11.2. The summed E-state index contributed by atoms with van der Waals surface area (Å²) in [5.41, 5.74) is 0.778. The van der Waals surface area contributed by atoms with Crippen LogP contribution >= 0.6 is 0 Å². The Bertz CT molecular complexity index is 842. The Morgan fingerprint density at radius 2 is 1.81 bits per heavy atom. The van der Waals surface area contributed by atoms with E-state index < -0.39 is 4.92 Å². The van der Waals surface area contributed by atoms with E-state index in [1.165, 1.54) is 0 Å². The van der Waals surface area contributed by atoms with Crippen LogP contribution in [-0.4, -0.2) is 26.0 Å². The number of piperidine rings is 1. The molecule has 2 heterocycles. The van der Waals surface area contributed by atoms with Crippen LogP contribution in [0.4, 0.5) is 0 Å². The van der Waals surface area contributed by atoms with Crippen molar-refractivity contribution >= 4 is 16.7 Å². The second-order valence-electron chi connectivity index (χ2n) is 8.03. The summed E-state index contributed by atoms with van der Waals surface area (Å²) in [6, 6.07) is 11.3. The van der Waals surface area contributed by atoms with Crippen LogP contribution in [0.2, 0.25) is 0 Å². The van der Waals surface area contributed by atoms with Gasteiger partial charge in [0.1, 0.15) is 5.69 Å². The third kappa shape index (κ3) is 3.70. The molecule has 0 saturated carbocycles. The normalized spacial score (nSPS) is 20.1. The van der Waals surface area contributed by atoms with Gasteiger partial charge in [0.25, 0.3) is 6.20 Å². The Hall–Kier alpha value is -2.47. The number of pyridine rings is 1. The Kier molecular flexibility index (Phi) is 4.71. The number of hydroxylamine groups is 2. The van der Waals surface area contributed by atoms with Crippen molar-refractivity contribution in [3.05, 3.63) is 58.4 Å². The molecule has 1 aromatic carbocycles. The van der Waals surface area contributed by atoms with Gasteiger partial charge in [-0.25, -0.2) is 4.98 Å². The van der Waals surface area contributed by atoms with Gasteiger partial charge in [0.2, 0.25) is 5.76 Å². The lowest BCUT2D eigenvalue weighted by molar-refractivity contribution is -0.404. The van der Waals surface area contributed by atoms with Gasteiger partial charge in [-0.3, -0.25) is 10.1 Å². The molecule has 1 saturated heterocycles. The summed E-state index contributed by atoms with van der Waals surface area (Å²) in [5, 5.41) is 14.1. The first-order chi connectivity index (χ1) is 12.2. The third-order valence-corrected chi connectivity index (χ3v) is 4.94. The Labute approximate surface area is 153 Å². The lowest BCUT2D eigenvalue weighted by Gasteiger charge is -2.50. The van der Waals surface area contributed by atoms with Gasteiger partial charge in [-0.2, -0.15) is 0 Å². The van der Waals surface area contributed by atoms with Gasteiger partial charge in [0.05, 0.1) is 21.5 Å². The highest BCUT2D eigenvalue weighted by atomic mass is 16.7. The highest BCUT2D eigenvalue weighted by Crippen LogP contribution is 2.40. The second-order valence-corrected chi connectivity index (χ2v) is 8.03. The Morgan fingerprint density at radius 1 is 1.15 bits per heavy atom. The molecule has 0 bridgehead atoms. The molecular formula is C20H25N3O3. The van der Waals surface area contributed by atoms with Gasteiger partial charge in [-0.05, 0) is 59.1 Å². The average Bonchev–Trinajstić information content (AvgIpc) is 2.56. The molecule has 6 nitrogen and oxygen atoms in total. The van der Waals surface area contributed by atoms with E-state index >= 15 is 0 Å².